The molecular formula is C15H17F3O3. The Morgan fingerprint density at radius 2 is 1.81 bits per heavy atom. The summed E-state index contributed by atoms with van der Waals surface area (Å²) in [6.45, 7) is 6.72. The van der Waals surface area contributed by atoms with Crippen LogP contribution in [-0.4, -0.2) is 17.9 Å². The highest BCUT2D eigenvalue weighted by Gasteiger charge is 2.31. The molecule has 0 atom stereocenters. The van der Waals surface area contributed by atoms with Crippen molar-refractivity contribution in [3.8, 4) is 5.75 Å². The standard InChI is InChI=1S/C15H17F3O3/c1-10-9-11(5-7-12(10)20-15(16,17)18)6-8-13(19)21-14(2,3)4/h5-9H,1-4H3/b8-6+. The zero-order valence-electron chi connectivity index (χ0n) is 12.2. The molecule has 1 rings (SSSR count). The Labute approximate surface area is 121 Å². The van der Waals surface area contributed by atoms with Crippen LogP contribution in [0.3, 0.4) is 0 Å². The fraction of sp³-hybridized carbons (Fsp3) is 0.400. The van der Waals surface area contributed by atoms with Gasteiger partial charge in [0.15, 0.2) is 0 Å². The van der Waals surface area contributed by atoms with Crippen molar-refractivity contribution in [2.45, 2.75) is 39.7 Å². The number of hydrogen-bond donors (Lipinski definition) is 0. The van der Waals surface area contributed by atoms with Crippen LogP contribution in [0.1, 0.15) is 31.9 Å². The van der Waals surface area contributed by atoms with E-state index >= 15 is 0 Å². The molecule has 0 aromatic heterocycles. The Balaban J connectivity index is 2.78. The smallest absolute Gasteiger partial charge is 0.457 e. The minimum Gasteiger partial charge on any atom is -0.457 e. The predicted molar refractivity (Wildman–Crippen MR) is 72.7 cm³/mol. The van der Waals surface area contributed by atoms with Crippen molar-refractivity contribution in [3.05, 3.63) is 35.4 Å². The summed E-state index contributed by atoms with van der Waals surface area (Å²) in [5, 5.41) is 0. The van der Waals surface area contributed by atoms with Crippen molar-refractivity contribution in [1.82, 2.24) is 0 Å². The summed E-state index contributed by atoms with van der Waals surface area (Å²) >= 11 is 0. The first-order valence-corrected chi connectivity index (χ1v) is 6.24. The maximum Gasteiger partial charge on any atom is 0.573 e. The number of halogens is 3. The van der Waals surface area contributed by atoms with Gasteiger partial charge >= 0.3 is 12.3 Å². The van der Waals surface area contributed by atoms with Crippen LogP contribution in [0.15, 0.2) is 24.3 Å². The van der Waals surface area contributed by atoms with Gasteiger partial charge in [0.25, 0.3) is 0 Å². The average molecular weight is 302 g/mol. The van der Waals surface area contributed by atoms with Crippen LogP contribution >= 0.6 is 0 Å². The van der Waals surface area contributed by atoms with Gasteiger partial charge in [-0.3, -0.25) is 0 Å². The topological polar surface area (TPSA) is 35.5 Å². The van der Waals surface area contributed by atoms with Gasteiger partial charge in [-0.1, -0.05) is 6.07 Å². The molecule has 6 heteroatoms. The molecular weight excluding hydrogens is 285 g/mol. The maximum atomic E-state index is 12.1. The molecule has 0 heterocycles. The molecule has 0 fully saturated rings. The Morgan fingerprint density at radius 3 is 2.29 bits per heavy atom. The van der Waals surface area contributed by atoms with Crippen LogP contribution in [0, 0.1) is 6.92 Å². The Kier molecular flexibility index (Phi) is 5.04. The number of carbonyl (C=O) groups is 1. The zero-order valence-corrected chi connectivity index (χ0v) is 12.2. The average Bonchev–Trinajstić information content (AvgIpc) is 2.26. The maximum absolute atomic E-state index is 12.1. The first kappa shape index (κ1) is 17.1. The van der Waals surface area contributed by atoms with E-state index < -0.39 is 17.9 Å². The Bertz CT molecular complexity index is 540. The van der Waals surface area contributed by atoms with Gasteiger partial charge in [-0.05, 0) is 57.0 Å². The molecule has 1 aromatic rings. The summed E-state index contributed by atoms with van der Waals surface area (Å²) in [7, 11) is 0. The van der Waals surface area contributed by atoms with E-state index in [4.69, 9.17) is 4.74 Å². The van der Waals surface area contributed by atoms with Crippen LogP contribution in [0.25, 0.3) is 6.08 Å². The molecule has 3 nitrogen and oxygen atoms in total. The third-order valence-corrected chi connectivity index (χ3v) is 2.24. The highest BCUT2D eigenvalue weighted by Crippen LogP contribution is 2.26. The third-order valence-electron chi connectivity index (χ3n) is 2.24. The molecule has 0 bridgehead atoms. The van der Waals surface area contributed by atoms with Crippen molar-refractivity contribution in [3.63, 3.8) is 0 Å². The zero-order chi connectivity index (χ0) is 16.3. The summed E-state index contributed by atoms with van der Waals surface area (Å²) in [6.07, 6.45) is -2.03. The molecule has 0 saturated carbocycles. The molecule has 21 heavy (non-hydrogen) atoms. The monoisotopic (exact) mass is 302 g/mol. The SMILES string of the molecule is Cc1cc(/C=C/C(=O)OC(C)(C)C)ccc1OC(F)(F)F. The first-order chi connectivity index (χ1) is 9.46. The molecule has 0 radical (unpaired) electrons. The fourth-order valence-electron chi connectivity index (χ4n) is 1.52. The number of benzene rings is 1. The van der Waals surface area contributed by atoms with Gasteiger partial charge in [-0.25, -0.2) is 4.79 Å². The number of esters is 1. The van der Waals surface area contributed by atoms with Crippen LogP contribution in [0.2, 0.25) is 0 Å². The predicted octanol–water partition coefficient (Wildman–Crippen LogP) is 4.25. The van der Waals surface area contributed by atoms with E-state index in [0.717, 1.165) is 0 Å². The molecule has 0 spiro atoms. The number of aryl methyl sites for hydroxylation is 1. The number of alkyl halides is 3. The largest absolute Gasteiger partial charge is 0.573 e. The molecule has 0 unspecified atom stereocenters. The second kappa shape index (κ2) is 6.20. The Morgan fingerprint density at radius 1 is 1.19 bits per heavy atom. The summed E-state index contributed by atoms with van der Waals surface area (Å²) < 4.78 is 45.4. The normalized spacial score (nSPS) is 12.5. The molecule has 0 saturated heterocycles. The van der Waals surface area contributed by atoms with Gasteiger partial charge in [0, 0.05) is 6.08 Å². The highest BCUT2D eigenvalue weighted by atomic mass is 19.4. The molecule has 0 amide bonds. The van der Waals surface area contributed by atoms with E-state index in [-0.39, 0.29) is 5.75 Å². The van der Waals surface area contributed by atoms with Gasteiger partial charge in [-0.15, -0.1) is 13.2 Å². The minimum absolute atomic E-state index is 0.267. The molecule has 116 valence electrons. The first-order valence-electron chi connectivity index (χ1n) is 6.24. The van der Waals surface area contributed by atoms with Gasteiger partial charge in [-0.2, -0.15) is 0 Å². The molecule has 0 aliphatic rings. The van der Waals surface area contributed by atoms with E-state index in [2.05, 4.69) is 4.74 Å². The molecule has 0 aliphatic carbocycles. The molecule has 0 N–H and O–H groups in total. The van der Waals surface area contributed by atoms with Crippen LogP contribution < -0.4 is 4.74 Å². The summed E-state index contributed by atoms with van der Waals surface area (Å²) in [6, 6.07) is 4.12. The lowest BCUT2D eigenvalue weighted by Gasteiger charge is -2.17. The molecule has 1 aromatic carbocycles. The lowest BCUT2D eigenvalue weighted by Crippen LogP contribution is -2.22. The number of ether oxygens (including phenoxy) is 2. The summed E-state index contributed by atoms with van der Waals surface area (Å²) in [5.41, 5.74) is 0.299. The van der Waals surface area contributed by atoms with Crippen LogP contribution in [0.4, 0.5) is 13.2 Å². The van der Waals surface area contributed by atoms with Gasteiger partial charge < -0.3 is 9.47 Å². The minimum atomic E-state index is -4.72. The van der Waals surface area contributed by atoms with E-state index in [9.17, 15) is 18.0 Å². The van der Waals surface area contributed by atoms with E-state index in [1.54, 1.807) is 20.8 Å². The van der Waals surface area contributed by atoms with E-state index in [0.29, 0.717) is 11.1 Å². The van der Waals surface area contributed by atoms with Crippen molar-refractivity contribution in [1.29, 1.82) is 0 Å². The van der Waals surface area contributed by atoms with Crippen molar-refractivity contribution < 1.29 is 27.4 Å². The van der Waals surface area contributed by atoms with E-state index in [1.165, 1.54) is 37.3 Å². The van der Waals surface area contributed by atoms with Crippen molar-refractivity contribution in [2.24, 2.45) is 0 Å². The van der Waals surface area contributed by atoms with Gasteiger partial charge in [0.2, 0.25) is 0 Å². The third kappa shape index (κ3) is 6.83. The second-order valence-electron chi connectivity index (χ2n) is 5.44. The second-order valence-corrected chi connectivity index (χ2v) is 5.44. The van der Waals surface area contributed by atoms with Crippen LogP contribution in [0.5, 0.6) is 5.75 Å². The van der Waals surface area contributed by atoms with E-state index in [1.807, 2.05) is 0 Å². The van der Waals surface area contributed by atoms with Crippen LogP contribution in [-0.2, 0) is 9.53 Å². The fourth-order valence-corrected chi connectivity index (χ4v) is 1.52. The summed E-state index contributed by atoms with van der Waals surface area (Å²) in [4.78, 5) is 11.5. The van der Waals surface area contributed by atoms with Crippen molar-refractivity contribution in [2.75, 3.05) is 0 Å². The summed E-state index contributed by atoms with van der Waals surface area (Å²) in [5.74, 6) is -0.785. The Hall–Kier alpha value is -1.98. The van der Waals surface area contributed by atoms with Gasteiger partial charge in [0.05, 0.1) is 0 Å². The quantitative estimate of drug-likeness (QED) is 0.618. The molecule has 0 aliphatic heterocycles. The van der Waals surface area contributed by atoms with Gasteiger partial charge in [0.1, 0.15) is 11.4 Å². The number of carbonyl (C=O) groups excluding carboxylic acids is 1. The lowest BCUT2D eigenvalue weighted by molar-refractivity contribution is -0.274. The highest BCUT2D eigenvalue weighted by molar-refractivity contribution is 5.87. The number of rotatable bonds is 3. The number of hydrogen-bond acceptors (Lipinski definition) is 3. The van der Waals surface area contributed by atoms with Crippen molar-refractivity contribution >= 4 is 12.0 Å². The lowest BCUT2D eigenvalue weighted by atomic mass is 10.1.